The first-order valence-corrected chi connectivity index (χ1v) is 8.83. The van der Waals surface area contributed by atoms with Crippen LogP contribution in [-0.4, -0.2) is 53.9 Å². The highest BCUT2D eigenvalue weighted by molar-refractivity contribution is 6.32. The zero-order valence-corrected chi connectivity index (χ0v) is 15.3. The molecule has 0 unspecified atom stereocenters. The second kappa shape index (κ2) is 8.38. The van der Waals surface area contributed by atoms with E-state index >= 15 is 0 Å². The van der Waals surface area contributed by atoms with Crippen LogP contribution in [0.1, 0.15) is 44.0 Å². The molecule has 2 amide bonds. The minimum Gasteiger partial charge on any atom is -0.489 e. The van der Waals surface area contributed by atoms with Gasteiger partial charge in [0, 0.05) is 38.2 Å². The van der Waals surface area contributed by atoms with Crippen molar-refractivity contribution in [1.82, 2.24) is 9.80 Å². The zero-order chi connectivity index (χ0) is 17.7. The van der Waals surface area contributed by atoms with Gasteiger partial charge in [-0.2, -0.15) is 0 Å². The van der Waals surface area contributed by atoms with E-state index in [1.807, 2.05) is 25.7 Å². The highest BCUT2D eigenvalue weighted by atomic mass is 35.5. The second-order valence-corrected chi connectivity index (χ2v) is 6.60. The first-order chi connectivity index (χ1) is 11.4. The fourth-order valence-corrected chi connectivity index (χ4v) is 2.98. The molecule has 6 heteroatoms. The van der Waals surface area contributed by atoms with Crippen LogP contribution in [0.15, 0.2) is 18.2 Å². The zero-order valence-electron chi connectivity index (χ0n) is 14.5. The van der Waals surface area contributed by atoms with E-state index < -0.39 is 0 Å². The summed E-state index contributed by atoms with van der Waals surface area (Å²) in [6.45, 7) is 8.20. The summed E-state index contributed by atoms with van der Waals surface area (Å²) in [5, 5.41) is 0.437. The summed E-state index contributed by atoms with van der Waals surface area (Å²) in [4.78, 5) is 28.2. The maximum Gasteiger partial charge on any atom is 0.253 e. The van der Waals surface area contributed by atoms with E-state index in [1.165, 1.54) is 0 Å². The van der Waals surface area contributed by atoms with Crippen LogP contribution in [0.2, 0.25) is 5.02 Å². The molecule has 0 saturated carbocycles. The van der Waals surface area contributed by atoms with Gasteiger partial charge < -0.3 is 14.5 Å². The quantitative estimate of drug-likeness (QED) is 0.836. The van der Waals surface area contributed by atoms with E-state index in [-0.39, 0.29) is 17.9 Å². The molecular formula is C18H25ClN2O3. The predicted octanol–water partition coefficient (Wildman–Crippen LogP) is 3.21. The molecule has 1 aromatic rings. The van der Waals surface area contributed by atoms with Crippen LogP contribution < -0.4 is 4.74 Å². The van der Waals surface area contributed by atoms with Gasteiger partial charge in [-0.3, -0.25) is 9.59 Å². The molecule has 0 bridgehead atoms. The van der Waals surface area contributed by atoms with Gasteiger partial charge in [-0.05, 0) is 38.5 Å². The molecule has 1 aliphatic rings. The lowest BCUT2D eigenvalue weighted by Gasteiger charge is -2.22. The Kier molecular flexibility index (Phi) is 6.49. The van der Waals surface area contributed by atoms with E-state index in [4.69, 9.17) is 16.3 Å². The highest BCUT2D eigenvalue weighted by Crippen LogP contribution is 2.27. The number of hydrogen-bond donors (Lipinski definition) is 0. The maximum absolute atomic E-state index is 12.7. The number of carbonyl (C=O) groups excluding carboxylic acids is 2. The molecule has 0 atom stereocenters. The monoisotopic (exact) mass is 352 g/mol. The Bertz CT molecular complexity index is 604. The normalized spacial score (nSPS) is 15.4. The van der Waals surface area contributed by atoms with Crippen molar-refractivity contribution in [2.24, 2.45) is 0 Å². The Morgan fingerprint density at radius 2 is 1.83 bits per heavy atom. The summed E-state index contributed by atoms with van der Waals surface area (Å²) >= 11 is 6.22. The third-order valence-electron chi connectivity index (χ3n) is 3.98. The third kappa shape index (κ3) is 4.63. The number of amides is 2. The van der Waals surface area contributed by atoms with E-state index in [0.717, 1.165) is 6.42 Å². The first-order valence-electron chi connectivity index (χ1n) is 8.45. The SMILES string of the molecule is CCC(=O)N1CCCN(C(=O)c2ccc(OC(C)C)c(Cl)c2)CC1. The van der Waals surface area contributed by atoms with Crippen LogP contribution in [-0.2, 0) is 4.79 Å². The fourth-order valence-electron chi connectivity index (χ4n) is 2.76. The molecule has 132 valence electrons. The Hall–Kier alpha value is -1.75. The lowest BCUT2D eigenvalue weighted by molar-refractivity contribution is -0.130. The molecule has 1 aliphatic heterocycles. The molecule has 0 aliphatic carbocycles. The summed E-state index contributed by atoms with van der Waals surface area (Å²) in [6.07, 6.45) is 1.32. The van der Waals surface area contributed by atoms with Gasteiger partial charge in [0.05, 0.1) is 11.1 Å². The molecule has 5 nitrogen and oxygen atoms in total. The van der Waals surface area contributed by atoms with E-state index in [2.05, 4.69) is 0 Å². The van der Waals surface area contributed by atoms with E-state index in [0.29, 0.717) is 48.9 Å². The average Bonchev–Trinajstić information content (AvgIpc) is 2.81. The largest absolute Gasteiger partial charge is 0.489 e. The molecule has 1 aromatic carbocycles. The van der Waals surface area contributed by atoms with Crippen molar-refractivity contribution in [3.8, 4) is 5.75 Å². The molecule has 0 aromatic heterocycles. The Morgan fingerprint density at radius 1 is 1.17 bits per heavy atom. The number of ether oxygens (including phenoxy) is 1. The number of halogens is 1. The minimum absolute atomic E-state index is 0.0248. The topological polar surface area (TPSA) is 49.9 Å². The Labute approximate surface area is 148 Å². The van der Waals surface area contributed by atoms with E-state index in [9.17, 15) is 9.59 Å². The van der Waals surface area contributed by atoms with Gasteiger partial charge in [-0.25, -0.2) is 0 Å². The van der Waals surface area contributed by atoms with Crippen molar-refractivity contribution in [2.45, 2.75) is 39.7 Å². The van der Waals surface area contributed by atoms with Crippen molar-refractivity contribution in [1.29, 1.82) is 0 Å². The molecular weight excluding hydrogens is 328 g/mol. The Morgan fingerprint density at radius 3 is 2.46 bits per heavy atom. The molecule has 2 rings (SSSR count). The highest BCUT2D eigenvalue weighted by Gasteiger charge is 2.22. The average molecular weight is 353 g/mol. The van der Waals surface area contributed by atoms with E-state index in [1.54, 1.807) is 23.1 Å². The number of hydrogen-bond acceptors (Lipinski definition) is 3. The number of rotatable bonds is 4. The van der Waals surface area contributed by atoms with Crippen molar-refractivity contribution < 1.29 is 14.3 Å². The fraction of sp³-hybridized carbons (Fsp3) is 0.556. The summed E-state index contributed by atoms with van der Waals surface area (Å²) in [5.74, 6) is 0.667. The van der Waals surface area contributed by atoms with Crippen LogP contribution in [0.5, 0.6) is 5.75 Å². The third-order valence-corrected chi connectivity index (χ3v) is 4.28. The number of benzene rings is 1. The molecule has 1 fully saturated rings. The second-order valence-electron chi connectivity index (χ2n) is 6.19. The first kappa shape index (κ1) is 18.6. The van der Waals surface area contributed by atoms with Gasteiger partial charge in [-0.1, -0.05) is 18.5 Å². The van der Waals surface area contributed by atoms with Gasteiger partial charge >= 0.3 is 0 Å². The molecule has 0 spiro atoms. The van der Waals surface area contributed by atoms with Crippen molar-refractivity contribution >= 4 is 23.4 Å². The molecule has 1 heterocycles. The van der Waals surface area contributed by atoms with Crippen LogP contribution in [0, 0.1) is 0 Å². The van der Waals surface area contributed by atoms with Crippen LogP contribution >= 0.6 is 11.6 Å². The summed E-state index contributed by atoms with van der Waals surface area (Å²) in [6, 6.07) is 5.13. The van der Waals surface area contributed by atoms with Crippen molar-refractivity contribution in [3.63, 3.8) is 0 Å². The van der Waals surface area contributed by atoms with Crippen LogP contribution in [0.4, 0.5) is 0 Å². The summed E-state index contributed by atoms with van der Waals surface area (Å²) in [5.41, 5.74) is 0.548. The van der Waals surface area contributed by atoms with Crippen molar-refractivity contribution in [2.75, 3.05) is 26.2 Å². The Balaban J connectivity index is 2.06. The summed E-state index contributed by atoms with van der Waals surface area (Å²) < 4.78 is 5.60. The van der Waals surface area contributed by atoms with Crippen LogP contribution in [0.3, 0.4) is 0 Å². The van der Waals surface area contributed by atoms with Gasteiger partial charge in [-0.15, -0.1) is 0 Å². The number of nitrogens with zero attached hydrogens (tertiary/aromatic N) is 2. The van der Waals surface area contributed by atoms with Gasteiger partial charge in [0.1, 0.15) is 5.75 Å². The summed E-state index contributed by atoms with van der Waals surface area (Å²) in [7, 11) is 0. The lowest BCUT2D eigenvalue weighted by Crippen LogP contribution is -2.37. The van der Waals surface area contributed by atoms with Crippen LogP contribution in [0.25, 0.3) is 0 Å². The standard InChI is InChI=1S/C18H25ClN2O3/c1-4-17(22)20-8-5-9-21(11-10-20)18(23)14-6-7-16(15(19)12-14)24-13(2)3/h6-7,12-13H,4-5,8-11H2,1-3H3. The maximum atomic E-state index is 12.7. The predicted molar refractivity (Wildman–Crippen MR) is 94.6 cm³/mol. The number of carbonyl (C=O) groups is 2. The minimum atomic E-state index is -0.0567. The van der Waals surface area contributed by atoms with Crippen molar-refractivity contribution in [3.05, 3.63) is 28.8 Å². The molecule has 1 saturated heterocycles. The molecule has 24 heavy (non-hydrogen) atoms. The molecule has 0 radical (unpaired) electrons. The molecule has 0 N–H and O–H groups in total. The van der Waals surface area contributed by atoms with Gasteiger partial charge in [0.25, 0.3) is 5.91 Å². The lowest BCUT2D eigenvalue weighted by atomic mass is 10.2. The van der Waals surface area contributed by atoms with Gasteiger partial charge in [0.2, 0.25) is 5.91 Å². The smallest absolute Gasteiger partial charge is 0.253 e. The van der Waals surface area contributed by atoms with Gasteiger partial charge in [0.15, 0.2) is 0 Å².